The van der Waals surface area contributed by atoms with E-state index in [0.29, 0.717) is 35.2 Å². The normalized spacial score (nSPS) is 22.7. The smallest absolute Gasteiger partial charge is 0.257 e. The van der Waals surface area contributed by atoms with Crippen LogP contribution in [0.3, 0.4) is 0 Å². The molecule has 1 aromatic heterocycles. The van der Waals surface area contributed by atoms with Crippen LogP contribution in [0.2, 0.25) is 5.02 Å². The van der Waals surface area contributed by atoms with Crippen LogP contribution in [0.15, 0.2) is 34.7 Å². The molecule has 2 saturated heterocycles. The lowest BCUT2D eigenvalue weighted by Crippen LogP contribution is -2.42. The van der Waals surface area contributed by atoms with Gasteiger partial charge >= 0.3 is 0 Å². The lowest BCUT2D eigenvalue weighted by atomic mass is 9.88. The van der Waals surface area contributed by atoms with Gasteiger partial charge in [-0.3, -0.25) is 9.59 Å². The van der Waals surface area contributed by atoms with Crippen LogP contribution in [-0.4, -0.2) is 48.3 Å². The Labute approximate surface area is 157 Å². The van der Waals surface area contributed by atoms with Gasteiger partial charge in [-0.15, -0.1) is 0 Å². The molecule has 0 bridgehead atoms. The van der Waals surface area contributed by atoms with Crippen LogP contribution >= 0.6 is 11.6 Å². The second-order valence-electron chi connectivity index (χ2n) is 7.19. The summed E-state index contributed by atoms with van der Waals surface area (Å²) < 4.78 is 5.81. The molecule has 0 saturated carbocycles. The van der Waals surface area contributed by atoms with Crippen molar-refractivity contribution in [1.82, 2.24) is 9.80 Å². The van der Waals surface area contributed by atoms with E-state index in [1.54, 1.807) is 28.9 Å². The van der Waals surface area contributed by atoms with Crippen molar-refractivity contribution in [3.05, 3.63) is 46.7 Å². The maximum absolute atomic E-state index is 13.0. The molecule has 0 aliphatic carbocycles. The number of fused-ring (bicyclic) bond motifs is 1. The largest absolute Gasteiger partial charge is 0.460 e. The fourth-order valence-electron chi connectivity index (χ4n) is 4.02. The van der Waals surface area contributed by atoms with E-state index in [2.05, 4.69) is 0 Å². The number of aryl methyl sites for hydroxylation is 1. The van der Waals surface area contributed by atoms with Crippen LogP contribution in [-0.2, 0) is 4.79 Å². The van der Waals surface area contributed by atoms with E-state index in [9.17, 15) is 9.59 Å². The first-order valence-electron chi connectivity index (χ1n) is 8.85. The Hall–Kier alpha value is -2.27. The number of carbonyl (C=O) groups is 2. The summed E-state index contributed by atoms with van der Waals surface area (Å²) in [6, 6.07) is 9.16. The maximum Gasteiger partial charge on any atom is 0.257 e. The van der Waals surface area contributed by atoms with Gasteiger partial charge in [0.1, 0.15) is 11.5 Å². The van der Waals surface area contributed by atoms with Crippen LogP contribution < -0.4 is 0 Å². The molecule has 2 atom stereocenters. The van der Waals surface area contributed by atoms with Crippen molar-refractivity contribution in [2.45, 2.75) is 13.3 Å². The standard InChI is InChI=1S/C20H21ClN2O3/c1-12-15(9-18(26-12)14-5-3-4-6-17(14)21)20(25)23-10-13-7-8-22(2)19(24)16(13)11-23/h3-6,9,13,16H,7-8,10-11H2,1-2H3/t13-,16+/m1/s1. The lowest BCUT2D eigenvalue weighted by Gasteiger charge is -2.30. The Morgan fingerprint density at radius 3 is 2.81 bits per heavy atom. The molecule has 2 amide bonds. The van der Waals surface area contributed by atoms with Gasteiger partial charge in [-0.05, 0) is 37.5 Å². The number of hydrogen-bond donors (Lipinski definition) is 0. The van der Waals surface area contributed by atoms with Gasteiger partial charge in [0.2, 0.25) is 5.91 Å². The average Bonchev–Trinajstić information content (AvgIpc) is 3.22. The number of nitrogens with zero attached hydrogens (tertiary/aromatic N) is 2. The van der Waals surface area contributed by atoms with Crippen LogP contribution in [0.4, 0.5) is 0 Å². The Morgan fingerprint density at radius 2 is 2.04 bits per heavy atom. The molecule has 5 nitrogen and oxygen atoms in total. The van der Waals surface area contributed by atoms with Crippen LogP contribution in [0.5, 0.6) is 0 Å². The van der Waals surface area contributed by atoms with Crippen molar-refractivity contribution >= 4 is 23.4 Å². The van der Waals surface area contributed by atoms with Gasteiger partial charge in [-0.2, -0.15) is 0 Å². The third-order valence-corrected chi connectivity index (χ3v) is 5.87. The summed E-state index contributed by atoms with van der Waals surface area (Å²) in [6.45, 7) is 3.67. The third kappa shape index (κ3) is 2.80. The van der Waals surface area contributed by atoms with Crippen molar-refractivity contribution in [2.75, 3.05) is 26.7 Å². The van der Waals surface area contributed by atoms with Crippen LogP contribution in [0, 0.1) is 18.8 Å². The number of hydrogen-bond acceptors (Lipinski definition) is 3. The van der Waals surface area contributed by atoms with Gasteiger partial charge in [0.05, 0.1) is 16.5 Å². The highest BCUT2D eigenvalue weighted by molar-refractivity contribution is 6.33. The molecule has 6 heteroatoms. The molecule has 2 aliphatic rings. The molecule has 2 aliphatic heterocycles. The minimum atomic E-state index is -0.0760. The molecule has 3 heterocycles. The molecule has 136 valence electrons. The number of halogens is 1. The molecule has 2 aromatic rings. The molecule has 1 aromatic carbocycles. The van der Waals surface area contributed by atoms with Crippen molar-refractivity contribution in [3.8, 4) is 11.3 Å². The number of piperidine rings is 1. The number of benzene rings is 1. The first-order chi connectivity index (χ1) is 12.5. The highest BCUT2D eigenvalue weighted by Gasteiger charge is 2.43. The van der Waals surface area contributed by atoms with Gasteiger partial charge in [0.15, 0.2) is 0 Å². The second-order valence-corrected chi connectivity index (χ2v) is 7.59. The molecular weight excluding hydrogens is 352 g/mol. The van der Waals surface area contributed by atoms with E-state index < -0.39 is 0 Å². The van der Waals surface area contributed by atoms with Gasteiger partial charge in [0, 0.05) is 32.2 Å². The van der Waals surface area contributed by atoms with Crippen LogP contribution in [0.25, 0.3) is 11.3 Å². The van der Waals surface area contributed by atoms with Crippen molar-refractivity contribution in [1.29, 1.82) is 0 Å². The summed E-state index contributed by atoms with van der Waals surface area (Å²) in [5, 5.41) is 0.584. The first kappa shape index (κ1) is 17.2. The molecule has 2 fully saturated rings. The topological polar surface area (TPSA) is 53.8 Å². The quantitative estimate of drug-likeness (QED) is 0.811. The zero-order chi connectivity index (χ0) is 18.4. The zero-order valence-electron chi connectivity index (χ0n) is 14.9. The number of rotatable bonds is 2. The maximum atomic E-state index is 13.0. The van der Waals surface area contributed by atoms with Crippen molar-refractivity contribution in [2.24, 2.45) is 11.8 Å². The van der Waals surface area contributed by atoms with Gasteiger partial charge < -0.3 is 14.2 Å². The molecular formula is C20H21ClN2O3. The summed E-state index contributed by atoms with van der Waals surface area (Å²) in [6.07, 6.45) is 0.950. The number of carbonyl (C=O) groups excluding carboxylic acids is 2. The Bertz CT molecular complexity index is 876. The van der Waals surface area contributed by atoms with E-state index in [1.165, 1.54) is 0 Å². The number of furan rings is 1. The molecule has 4 rings (SSSR count). The minimum Gasteiger partial charge on any atom is -0.460 e. The summed E-state index contributed by atoms with van der Waals surface area (Å²) in [5.74, 6) is 1.42. The highest BCUT2D eigenvalue weighted by Crippen LogP contribution is 2.35. The molecule has 0 unspecified atom stereocenters. The van der Waals surface area contributed by atoms with Crippen molar-refractivity contribution < 1.29 is 14.0 Å². The number of amides is 2. The molecule has 26 heavy (non-hydrogen) atoms. The minimum absolute atomic E-state index is 0.0746. The lowest BCUT2D eigenvalue weighted by molar-refractivity contribution is -0.137. The summed E-state index contributed by atoms with van der Waals surface area (Å²) in [7, 11) is 1.83. The predicted molar refractivity (Wildman–Crippen MR) is 99.0 cm³/mol. The summed E-state index contributed by atoms with van der Waals surface area (Å²) >= 11 is 6.24. The van der Waals surface area contributed by atoms with Gasteiger partial charge in [-0.1, -0.05) is 23.7 Å². The van der Waals surface area contributed by atoms with E-state index in [4.69, 9.17) is 16.0 Å². The van der Waals surface area contributed by atoms with E-state index >= 15 is 0 Å². The first-order valence-corrected chi connectivity index (χ1v) is 9.23. The predicted octanol–water partition coefficient (Wildman–Crippen LogP) is 3.46. The third-order valence-electron chi connectivity index (χ3n) is 5.54. The fraction of sp³-hybridized carbons (Fsp3) is 0.400. The SMILES string of the molecule is Cc1oc(-c2ccccc2Cl)cc1C(=O)N1C[C@H]2CCN(C)C(=O)[C@H]2C1. The Balaban J connectivity index is 1.58. The Morgan fingerprint density at radius 1 is 1.27 bits per heavy atom. The van der Waals surface area contributed by atoms with Crippen molar-refractivity contribution in [3.63, 3.8) is 0 Å². The summed E-state index contributed by atoms with van der Waals surface area (Å²) in [5.41, 5.74) is 1.31. The Kier molecular flexibility index (Phi) is 4.27. The zero-order valence-corrected chi connectivity index (χ0v) is 15.6. The van der Waals surface area contributed by atoms with Gasteiger partial charge in [0.25, 0.3) is 5.91 Å². The second kappa shape index (κ2) is 6.47. The fourth-order valence-corrected chi connectivity index (χ4v) is 4.25. The van der Waals surface area contributed by atoms with E-state index in [1.807, 2.05) is 25.2 Å². The molecule has 0 N–H and O–H groups in total. The molecule has 0 spiro atoms. The number of likely N-dealkylation sites (tertiary alicyclic amines) is 2. The van der Waals surface area contributed by atoms with Gasteiger partial charge in [-0.25, -0.2) is 0 Å². The molecule has 0 radical (unpaired) electrons. The monoisotopic (exact) mass is 372 g/mol. The summed E-state index contributed by atoms with van der Waals surface area (Å²) in [4.78, 5) is 29.0. The average molecular weight is 373 g/mol. The highest BCUT2D eigenvalue weighted by atomic mass is 35.5. The van der Waals surface area contributed by atoms with Crippen LogP contribution in [0.1, 0.15) is 22.5 Å². The van der Waals surface area contributed by atoms with E-state index in [0.717, 1.165) is 18.5 Å². The van der Waals surface area contributed by atoms with E-state index in [-0.39, 0.29) is 23.7 Å².